The molecule has 2 rings (SSSR count). The van der Waals surface area contributed by atoms with Crippen LogP contribution in [0.1, 0.15) is 25.7 Å². The van der Waals surface area contributed by atoms with E-state index < -0.39 is 0 Å². The van der Waals surface area contributed by atoms with E-state index in [9.17, 15) is 4.79 Å². The van der Waals surface area contributed by atoms with Crippen LogP contribution in [0, 0.1) is 0 Å². The standard InChI is InChI=1S/C10H11BrO2/c11-6-7-1-3-9-8(5-7)2-4-10(12)13-9/h5H,1-4,6H2. The molecule has 0 saturated carbocycles. The van der Waals surface area contributed by atoms with E-state index >= 15 is 0 Å². The average molecular weight is 243 g/mol. The van der Waals surface area contributed by atoms with Crippen LogP contribution in [0.15, 0.2) is 23.0 Å². The van der Waals surface area contributed by atoms with Crippen LogP contribution in [0.3, 0.4) is 0 Å². The van der Waals surface area contributed by atoms with E-state index in [2.05, 4.69) is 22.0 Å². The molecule has 2 nitrogen and oxygen atoms in total. The number of hydrogen-bond donors (Lipinski definition) is 0. The minimum Gasteiger partial charge on any atom is -0.431 e. The third kappa shape index (κ3) is 1.85. The summed E-state index contributed by atoms with van der Waals surface area (Å²) in [5.74, 6) is 0.829. The highest BCUT2D eigenvalue weighted by Crippen LogP contribution is 2.31. The molecule has 0 saturated heterocycles. The second kappa shape index (κ2) is 3.66. The van der Waals surface area contributed by atoms with Crippen LogP contribution in [0.2, 0.25) is 0 Å². The summed E-state index contributed by atoms with van der Waals surface area (Å²) in [4.78, 5) is 11.0. The molecule has 0 aromatic heterocycles. The van der Waals surface area contributed by atoms with Gasteiger partial charge in [-0.05, 0) is 18.4 Å². The molecule has 0 spiro atoms. The lowest BCUT2D eigenvalue weighted by Gasteiger charge is -2.22. The molecular formula is C10H11BrO2. The van der Waals surface area contributed by atoms with E-state index in [1.165, 1.54) is 11.1 Å². The van der Waals surface area contributed by atoms with Crippen LogP contribution >= 0.6 is 15.9 Å². The molecule has 70 valence electrons. The third-order valence-corrected chi connectivity index (χ3v) is 3.14. The Kier molecular flexibility index (Phi) is 2.54. The van der Waals surface area contributed by atoms with Gasteiger partial charge in [0.25, 0.3) is 0 Å². The van der Waals surface area contributed by atoms with Crippen molar-refractivity contribution < 1.29 is 9.53 Å². The minimum atomic E-state index is -0.0746. The fourth-order valence-electron chi connectivity index (χ4n) is 1.69. The third-order valence-electron chi connectivity index (χ3n) is 2.42. The molecule has 13 heavy (non-hydrogen) atoms. The second-order valence-electron chi connectivity index (χ2n) is 3.36. The molecule has 0 bridgehead atoms. The Morgan fingerprint density at radius 2 is 2.15 bits per heavy atom. The minimum absolute atomic E-state index is 0.0746. The van der Waals surface area contributed by atoms with Crippen LogP contribution in [0.5, 0.6) is 0 Å². The summed E-state index contributed by atoms with van der Waals surface area (Å²) in [7, 11) is 0. The molecule has 1 aliphatic heterocycles. The van der Waals surface area contributed by atoms with Gasteiger partial charge in [0, 0.05) is 11.8 Å². The molecule has 1 heterocycles. The maximum Gasteiger partial charge on any atom is 0.311 e. The van der Waals surface area contributed by atoms with Crippen molar-refractivity contribution in [2.45, 2.75) is 25.7 Å². The van der Waals surface area contributed by atoms with Gasteiger partial charge in [-0.2, -0.15) is 0 Å². The normalized spacial score (nSPS) is 22.2. The number of carbonyl (C=O) groups excluding carboxylic acids is 1. The predicted molar refractivity (Wildman–Crippen MR) is 53.5 cm³/mol. The summed E-state index contributed by atoms with van der Waals surface area (Å²) in [6, 6.07) is 0. The van der Waals surface area contributed by atoms with Crippen LogP contribution in [-0.4, -0.2) is 11.3 Å². The number of carbonyl (C=O) groups is 1. The first-order valence-corrected chi connectivity index (χ1v) is 5.60. The Morgan fingerprint density at radius 3 is 2.92 bits per heavy atom. The summed E-state index contributed by atoms with van der Waals surface area (Å²) in [6.07, 6.45) is 5.45. The van der Waals surface area contributed by atoms with Crippen LogP contribution < -0.4 is 0 Å². The lowest BCUT2D eigenvalue weighted by molar-refractivity contribution is -0.140. The highest BCUT2D eigenvalue weighted by Gasteiger charge is 2.21. The quantitative estimate of drug-likeness (QED) is 0.522. The lowest BCUT2D eigenvalue weighted by Crippen LogP contribution is -2.15. The topological polar surface area (TPSA) is 26.3 Å². The SMILES string of the molecule is O=C1CCC2=C(CCC(CBr)=C2)O1. The molecule has 1 aliphatic carbocycles. The zero-order valence-corrected chi connectivity index (χ0v) is 8.89. The maximum absolute atomic E-state index is 11.0. The molecule has 0 aromatic rings. The molecule has 0 fully saturated rings. The molecule has 0 N–H and O–H groups in total. The van der Waals surface area contributed by atoms with Crippen LogP contribution in [0.25, 0.3) is 0 Å². The molecule has 0 radical (unpaired) electrons. The number of hydrogen-bond acceptors (Lipinski definition) is 2. The largest absolute Gasteiger partial charge is 0.431 e. The smallest absolute Gasteiger partial charge is 0.311 e. The van der Waals surface area contributed by atoms with E-state index in [0.717, 1.165) is 30.4 Å². The summed E-state index contributed by atoms with van der Waals surface area (Å²) in [5, 5.41) is 0.928. The molecule has 2 aliphatic rings. The fraction of sp³-hybridized carbons (Fsp3) is 0.500. The number of halogens is 1. The number of ether oxygens (including phenoxy) is 1. The van der Waals surface area contributed by atoms with Gasteiger partial charge in [-0.15, -0.1) is 0 Å². The van der Waals surface area contributed by atoms with Gasteiger partial charge in [0.15, 0.2) is 0 Å². The van der Waals surface area contributed by atoms with Crippen molar-refractivity contribution in [3.8, 4) is 0 Å². The lowest BCUT2D eigenvalue weighted by atomic mass is 9.94. The predicted octanol–water partition coefficient (Wildman–Crippen LogP) is 2.69. The molecule has 0 aromatic carbocycles. The summed E-state index contributed by atoms with van der Waals surface area (Å²) >= 11 is 3.44. The Bertz CT molecular complexity index is 302. The van der Waals surface area contributed by atoms with E-state index in [-0.39, 0.29) is 5.97 Å². The first-order valence-electron chi connectivity index (χ1n) is 4.47. The van der Waals surface area contributed by atoms with E-state index in [0.29, 0.717) is 6.42 Å². The Morgan fingerprint density at radius 1 is 1.31 bits per heavy atom. The van der Waals surface area contributed by atoms with Gasteiger partial charge in [0.05, 0.1) is 6.42 Å². The van der Waals surface area contributed by atoms with Crippen molar-refractivity contribution in [3.63, 3.8) is 0 Å². The van der Waals surface area contributed by atoms with Gasteiger partial charge in [0.2, 0.25) is 0 Å². The van der Waals surface area contributed by atoms with Crippen molar-refractivity contribution in [2.75, 3.05) is 5.33 Å². The maximum atomic E-state index is 11.0. The highest BCUT2D eigenvalue weighted by atomic mass is 79.9. The van der Waals surface area contributed by atoms with E-state index in [1.807, 2.05) is 0 Å². The molecule has 3 heteroatoms. The van der Waals surface area contributed by atoms with Gasteiger partial charge >= 0.3 is 5.97 Å². The summed E-state index contributed by atoms with van der Waals surface area (Å²) in [5.41, 5.74) is 2.62. The van der Waals surface area contributed by atoms with Gasteiger partial charge < -0.3 is 4.74 Å². The summed E-state index contributed by atoms with van der Waals surface area (Å²) < 4.78 is 5.16. The zero-order valence-electron chi connectivity index (χ0n) is 7.31. The Hall–Kier alpha value is -0.570. The Balaban J connectivity index is 2.22. The Labute approximate surface area is 85.8 Å². The van der Waals surface area contributed by atoms with Gasteiger partial charge in [-0.25, -0.2) is 0 Å². The average Bonchev–Trinajstić information content (AvgIpc) is 2.17. The number of esters is 1. The first kappa shape index (κ1) is 9.00. The summed E-state index contributed by atoms with van der Waals surface area (Å²) in [6.45, 7) is 0. The van der Waals surface area contributed by atoms with Crippen molar-refractivity contribution in [1.82, 2.24) is 0 Å². The van der Waals surface area contributed by atoms with Crippen molar-refractivity contribution in [2.24, 2.45) is 0 Å². The molecule has 0 amide bonds. The number of alkyl halides is 1. The van der Waals surface area contributed by atoms with E-state index in [1.54, 1.807) is 0 Å². The molecule has 0 unspecified atom stereocenters. The second-order valence-corrected chi connectivity index (χ2v) is 3.92. The van der Waals surface area contributed by atoms with Gasteiger partial charge in [0.1, 0.15) is 5.76 Å². The monoisotopic (exact) mass is 242 g/mol. The van der Waals surface area contributed by atoms with Crippen LogP contribution in [-0.2, 0) is 9.53 Å². The number of rotatable bonds is 1. The molecule has 0 atom stereocenters. The van der Waals surface area contributed by atoms with Crippen molar-refractivity contribution in [1.29, 1.82) is 0 Å². The fourth-order valence-corrected chi connectivity index (χ4v) is 2.13. The highest BCUT2D eigenvalue weighted by molar-refractivity contribution is 9.09. The van der Waals surface area contributed by atoms with Gasteiger partial charge in [-0.3, -0.25) is 4.79 Å². The van der Waals surface area contributed by atoms with E-state index in [4.69, 9.17) is 4.74 Å². The molecular weight excluding hydrogens is 232 g/mol. The van der Waals surface area contributed by atoms with Crippen molar-refractivity contribution >= 4 is 21.9 Å². The van der Waals surface area contributed by atoms with Gasteiger partial charge in [-0.1, -0.05) is 27.6 Å². The number of allylic oxidation sites excluding steroid dienone is 4. The zero-order chi connectivity index (χ0) is 9.26. The van der Waals surface area contributed by atoms with Crippen LogP contribution in [0.4, 0.5) is 0 Å². The first-order chi connectivity index (χ1) is 6.29. The van der Waals surface area contributed by atoms with Crippen molar-refractivity contribution in [3.05, 3.63) is 23.0 Å².